The lowest BCUT2D eigenvalue weighted by molar-refractivity contribution is -0.129. The van der Waals surface area contributed by atoms with Gasteiger partial charge in [-0.1, -0.05) is 30.3 Å². The first-order chi connectivity index (χ1) is 14.7. The number of cyclic esters (lactones) is 1. The standard InChI is InChI=1S/C24H16N2O4/c25-14-15-28-19-10-6-17(7-11-19)16-22-24(27)30-23(26-22)18-8-12-21(13-9-18)29-20-4-2-1-3-5-20/h1-13,16H,15H2/b22-16-. The Morgan fingerprint density at radius 2 is 1.57 bits per heavy atom. The van der Waals surface area contributed by atoms with Crippen molar-refractivity contribution in [2.45, 2.75) is 0 Å². The van der Waals surface area contributed by atoms with Crippen LogP contribution in [0.4, 0.5) is 0 Å². The minimum Gasteiger partial charge on any atom is -0.479 e. The Bertz CT molecular complexity index is 1140. The Hall–Kier alpha value is -4.37. The number of nitrogens with zero attached hydrogens (tertiary/aromatic N) is 2. The van der Waals surface area contributed by atoms with Gasteiger partial charge in [-0.15, -0.1) is 0 Å². The molecule has 4 rings (SSSR count). The van der Waals surface area contributed by atoms with E-state index < -0.39 is 5.97 Å². The van der Waals surface area contributed by atoms with Crippen molar-refractivity contribution in [3.63, 3.8) is 0 Å². The van der Waals surface area contributed by atoms with Gasteiger partial charge in [-0.05, 0) is 60.2 Å². The van der Waals surface area contributed by atoms with Crippen LogP contribution < -0.4 is 9.47 Å². The van der Waals surface area contributed by atoms with Crippen LogP contribution in [0.5, 0.6) is 17.2 Å². The van der Waals surface area contributed by atoms with Crippen molar-refractivity contribution in [1.29, 1.82) is 5.26 Å². The van der Waals surface area contributed by atoms with E-state index in [0.717, 1.165) is 11.3 Å². The molecule has 0 radical (unpaired) electrons. The summed E-state index contributed by atoms with van der Waals surface area (Å²) in [6.45, 7) is -0.0183. The van der Waals surface area contributed by atoms with E-state index in [1.54, 1.807) is 54.6 Å². The van der Waals surface area contributed by atoms with Crippen molar-refractivity contribution in [2.24, 2.45) is 4.99 Å². The highest BCUT2D eigenvalue weighted by Gasteiger charge is 2.24. The van der Waals surface area contributed by atoms with E-state index in [1.165, 1.54) is 0 Å². The third-order valence-corrected chi connectivity index (χ3v) is 4.19. The van der Waals surface area contributed by atoms with Crippen LogP contribution in [0.3, 0.4) is 0 Å². The lowest BCUT2D eigenvalue weighted by Crippen LogP contribution is -2.05. The van der Waals surface area contributed by atoms with Crippen molar-refractivity contribution in [1.82, 2.24) is 0 Å². The number of ether oxygens (including phenoxy) is 3. The summed E-state index contributed by atoms with van der Waals surface area (Å²) in [5.74, 6) is 1.72. The molecule has 0 unspecified atom stereocenters. The minimum atomic E-state index is -0.514. The van der Waals surface area contributed by atoms with Crippen LogP contribution >= 0.6 is 0 Å². The van der Waals surface area contributed by atoms with Gasteiger partial charge in [-0.25, -0.2) is 9.79 Å². The molecule has 0 fully saturated rings. The van der Waals surface area contributed by atoms with Crippen LogP contribution in [-0.4, -0.2) is 18.5 Å². The molecular formula is C24H16N2O4. The van der Waals surface area contributed by atoms with Gasteiger partial charge in [0.15, 0.2) is 12.3 Å². The van der Waals surface area contributed by atoms with Crippen LogP contribution in [-0.2, 0) is 9.53 Å². The van der Waals surface area contributed by atoms with Gasteiger partial charge in [-0.2, -0.15) is 5.26 Å². The first-order valence-electron chi connectivity index (χ1n) is 9.17. The SMILES string of the molecule is N#CCOc1ccc(/C=C2\N=C(c3ccc(Oc4ccccc4)cc3)OC2=O)cc1. The molecule has 0 bridgehead atoms. The van der Waals surface area contributed by atoms with E-state index in [2.05, 4.69) is 4.99 Å². The van der Waals surface area contributed by atoms with Gasteiger partial charge in [0, 0.05) is 5.56 Å². The topological polar surface area (TPSA) is 80.9 Å². The first-order valence-corrected chi connectivity index (χ1v) is 9.17. The highest BCUT2D eigenvalue weighted by Crippen LogP contribution is 2.24. The molecule has 1 heterocycles. The summed E-state index contributed by atoms with van der Waals surface area (Å²) in [5, 5.41) is 8.54. The molecule has 0 aromatic heterocycles. The van der Waals surface area contributed by atoms with E-state index in [0.29, 0.717) is 17.1 Å². The quantitative estimate of drug-likeness (QED) is 0.445. The molecule has 30 heavy (non-hydrogen) atoms. The second-order valence-corrected chi connectivity index (χ2v) is 6.29. The van der Waals surface area contributed by atoms with E-state index in [4.69, 9.17) is 19.5 Å². The van der Waals surface area contributed by atoms with Crippen molar-refractivity contribution in [3.05, 3.63) is 95.7 Å². The molecule has 0 amide bonds. The van der Waals surface area contributed by atoms with Crippen LogP contribution in [0.1, 0.15) is 11.1 Å². The summed E-state index contributed by atoms with van der Waals surface area (Å²) in [7, 11) is 0. The molecular weight excluding hydrogens is 380 g/mol. The molecule has 0 atom stereocenters. The summed E-state index contributed by atoms with van der Waals surface area (Å²) in [6.07, 6.45) is 1.64. The molecule has 0 saturated heterocycles. The Morgan fingerprint density at radius 1 is 0.900 bits per heavy atom. The molecule has 3 aromatic carbocycles. The number of para-hydroxylation sites is 1. The lowest BCUT2D eigenvalue weighted by Gasteiger charge is -2.06. The van der Waals surface area contributed by atoms with Crippen molar-refractivity contribution < 1.29 is 19.0 Å². The number of rotatable bonds is 6. The van der Waals surface area contributed by atoms with Gasteiger partial charge in [0.25, 0.3) is 0 Å². The zero-order valence-electron chi connectivity index (χ0n) is 15.8. The molecule has 1 aliphatic heterocycles. The van der Waals surface area contributed by atoms with Crippen LogP contribution in [0.25, 0.3) is 6.08 Å². The molecule has 0 saturated carbocycles. The highest BCUT2D eigenvalue weighted by atomic mass is 16.6. The fourth-order valence-electron chi connectivity index (χ4n) is 2.76. The summed E-state index contributed by atoms with van der Waals surface area (Å²) >= 11 is 0. The molecule has 1 aliphatic rings. The number of aliphatic imine (C=N–C) groups is 1. The predicted octanol–water partition coefficient (Wildman–Crippen LogP) is 4.73. The largest absolute Gasteiger partial charge is 0.479 e. The number of carbonyl (C=O) groups is 1. The number of benzene rings is 3. The number of hydrogen-bond donors (Lipinski definition) is 0. The minimum absolute atomic E-state index is 0.0183. The molecule has 3 aromatic rings. The summed E-state index contributed by atoms with van der Waals surface area (Å²) < 4.78 is 16.3. The Balaban J connectivity index is 1.47. The number of nitriles is 1. The van der Waals surface area contributed by atoms with Gasteiger partial charge in [0.2, 0.25) is 5.90 Å². The maximum Gasteiger partial charge on any atom is 0.363 e. The monoisotopic (exact) mass is 396 g/mol. The van der Waals surface area contributed by atoms with Gasteiger partial charge in [-0.3, -0.25) is 0 Å². The fraction of sp³-hybridized carbons (Fsp3) is 0.0417. The molecule has 6 heteroatoms. The lowest BCUT2D eigenvalue weighted by atomic mass is 10.2. The number of hydrogen-bond acceptors (Lipinski definition) is 6. The molecule has 0 aliphatic carbocycles. The molecule has 6 nitrogen and oxygen atoms in total. The van der Waals surface area contributed by atoms with Gasteiger partial charge < -0.3 is 14.2 Å². The zero-order chi connectivity index (χ0) is 20.8. The first kappa shape index (κ1) is 19.0. The maximum absolute atomic E-state index is 12.2. The normalized spacial score (nSPS) is 14.0. The van der Waals surface area contributed by atoms with Crippen LogP contribution in [0.15, 0.2) is 89.6 Å². The van der Waals surface area contributed by atoms with E-state index in [1.807, 2.05) is 36.4 Å². The van der Waals surface area contributed by atoms with Crippen molar-refractivity contribution >= 4 is 17.9 Å². The summed E-state index contributed by atoms with van der Waals surface area (Å²) in [4.78, 5) is 16.5. The fourth-order valence-corrected chi connectivity index (χ4v) is 2.76. The third-order valence-electron chi connectivity index (χ3n) is 4.19. The highest BCUT2D eigenvalue weighted by molar-refractivity contribution is 6.12. The smallest absolute Gasteiger partial charge is 0.363 e. The second kappa shape index (κ2) is 8.76. The zero-order valence-corrected chi connectivity index (χ0v) is 15.8. The Morgan fingerprint density at radius 3 is 2.27 bits per heavy atom. The van der Waals surface area contributed by atoms with Crippen molar-refractivity contribution in [2.75, 3.05) is 6.61 Å². The molecule has 0 spiro atoms. The number of esters is 1. The summed E-state index contributed by atoms with van der Waals surface area (Å²) in [6, 6.07) is 25.5. The Kier molecular flexibility index (Phi) is 5.54. The number of carbonyl (C=O) groups excluding carboxylic acids is 1. The van der Waals surface area contributed by atoms with E-state index in [9.17, 15) is 4.79 Å². The molecule has 0 N–H and O–H groups in total. The van der Waals surface area contributed by atoms with Crippen LogP contribution in [0, 0.1) is 11.3 Å². The van der Waals surface area contributed by atoms with Gasteiger partial charge in [0.05, 0.1) is 0 Å². The predicted molar refractivity (Wildman–Crippen MR) is 111 cm³/mol. The molecule has 146 valence electrons. The average Bonchev–Trinajstić information content (AvgIpc) is 3.14. The van der Waals surface area contributed by atoms with Gasteiger partial charge >= 0.3 is 5.97 Å². The average molecular weight is 396 g/mol. The second-order valence-electron chi connectivity index (χ2n) is 6.29. The van der Waals surface area contributed by atoms with Gasteiger partial charge in [0.1, 0.15) is 23.3 Å². The Labute approximate surface area is 173 Å². The third kappa shape index (κ3) is 4.54. The van der Waals surface area contributed by atoms with Crippen molar-refractivity contribution in [3.8, 4) is 23.3 Å². The van der Waals surface area contributed by atoms with E-state index in [-0.39, 0.29) is 18.2 Å². The summed E-state index contributed by atoms with van der Waals surface area (Å²) in [5.41, 5.74) is 1.65. The van der Waals surface area contributed by atoms with E-state index >= 15 is 0 Å². The van der Waals surface area contributed by atoms with Crippen LogP contribution in [0.2, 0.25) is 0 Å². The maximum atomic E-state index is 12.2.